The predicted molar refractivity (Wildman–Crippen MR) is 85.7 cm³/mol. The standard InChI is InChI=1S/C19H20O/c1-15-6-3-7-16(2)19(15)12-11-18-9-4-8-17(14-18)10-5-13-20/h3-4,6-9,11-14H,5,10H2,1-2H3. The highest BCUT2D eigenvalue weighted by Gasteiger charge is 1.98. The van der Waals surface area contributed by atoms with Crippen LogP contribution in [-0.2, 0) is 11.2 Å². The summed E-state index contributed by atoms with van der Waals surface area (Å²) >= 11 is 0. The molecule has 0 N–H and O–H groups in total. The van der Waals surface area contributed by atoms with Crippen LogP contribution < -0.4 is 0 Å². The predicted octanol–water partition coefficient (Wildman–Crippen LogP) is 4.61. The van der Waals surface area contributed by atoms with Gasteiger partial charge in [0.15, 0.2) is 0 Å². The molecule has 20 heavy (non-hydrogen) atoms. The second-order valence-corrected chi connectivity index (χ2v) is 5.09. The summed E-state index contributed by atoms with van der Waals surface area (Å²) in [4.78, 5) is 10.4. The second kappa shape index (κ2) is 6.85. The molecule has 0 aromatic heterocycles. The Bertz CT molecular complexity index is 603. The fraction of sp³-hybridized carbons (Fsp3) is 0.211. The van der Waals surface area contributed by atoms with E-state index in [9.17, 15) is 4.79 Å². The van der Waals surface area contributed by atoms with E-state index >= 15 is 0 Å². The summed E-state index contributed by atoms with van der Waals surface area (Å²) in [5, 5.41) is 0. The molecule has 0 saturated heterocycles. The molecule has 0 aliphatic carbocycles. The number of aldehydes is 1. The van der Waals surface area contributed by atoms with Gasteiger partial charge in [0.2, 0.25) is 0 Å². The first-order valence-corrected chi connectivity index (χ1v) is 6.97. The number of aryl methyl sites for hydroxylation is 3. The summed E-state index contributed by atoms with van der Waals surface area (Å²) in [6.07, 6.45) is 6.68. The summed E-state index contributed by atoms with van der Waals surface area (Å²) in [5.74, 6) is 0. The van der Waals surface area contributed by atoms with Crippen LogP contribution in [-0.4, -0.2) is 6.29 Å². The summed E-state index contributed by atoms with van der Waals surface area (Å²) < 4.78 is 0. The van der Waals surface area contributed by atoms with E-state index in [-0.39, 0.29) is 0 Å². The minimum Gasteiger partial charge on any atom is -0.303 e. The van der Waals surface area contributed by atoms with Crippen LogP contribution in [0.25, 0.3) is 12.2 Å². The third-order valence-corrected chi connectivity index (χ3v) is 3.49. The van der Waals surface area contributed by atoms with Crippen molar-refractivity contribution in [3.8, 4) is 0 Å². The number of benzene rings is 2. The SMILES string of the molecule is Cc1cccc(C)c1C=Cc1cccc(CCC=O)c1. The first-order chi connectivity index (χ1) is 9.70. The van der Waals surface area contributed by atoms with Gasteiger partial charge in [-0.1, -0.05) is 54.6 Å². The van der Waals surface area contributed by atoms with Gasteiger partial charge in [-0.15, -0.1) is 0 Å². The Labute approximate surface area is 121 Å². The highest BCUT2D eigenvalue weighted by molar-refractivity contribution is 5.72. The maximum absolute atomic E-state index is 10.4. The van der Waals surface area contributed by atoms with Crippen molar-refractivity contribution in [3.63, 3.8) is 0 Å². The molecule has 0 radical (unpaired) electrons. The van der Waals surface area contributed by atoms with Crippen LogP contribution in [0.1, 0.15) is 34.2 Å². The molecular weight excluding hydrogens is 244 g/mol. The zero-order valence-electron chi connectivity index (χ0n) is 12.1. The molecular formula is C19H20O. The van der Waals surface area contributed by atoms with E-state index in [0.717, 1.165) is 12.7 Å². The Morgan fingerprint density at radius 3 is 2.35 bits per heavy atom. The summed E-state index contributed by atoms with van der Waals surface area (Å²) in [7, 11) is 0. The van der Waals surface area contributed by atoms with Gasteiger partial charge < -0.3 is 4.79 Å². The maximum atomic E-state index is 10.4. The Morgan fingerprint density at radius 1 is 0.950 bits per heavy atom. The van der Waals surface area contributed by atoms with Gasteiger partial charge in [0.1, 0.15) is 6.29 Å². The molecule has 1 nitrogen and oxygen atoms in total. The molecule has 2 rings (SSSR count). The van der Waals surface area contributed by atoms with Gasteiger partial charge in [0, 0.05) is 6.42 Å². The van der Waals surface area contributed by atoms with Gasteiger partial charge >= 0.3 is 0 Å². The summed E-state index contributed by atoms with van der Waals surface area (Å²) in [6.45, 7) is 4.26. The monoisotopic (exact) mass is 264 g/mol. The largest absolute Gasteiger partial charge is 0.303 e. The normalized spacial score (nSPS) is 10.9. The van der Waals surface area contributed by atoms with E-state index in [1.165, 1.54) is 27.8 Å². The van der Waals surface area contributed by atoms with Crippen LogP contribution in [0.15, 0.2) is 42.5 Å². The van der Waals surface area contributed by atoms with Gasteiger partial charge in [0.05, 0.1) is 0 Å². The van der Waals surface area contributed by atoms with Gasteiger partial charge in [-0.25, -0.2) is 0 Å². The second-order valence-electron chi connectivity index (χ2n) is 5.09. The summed E-state index contributed by atoms with van der Waals surface area (Å²) in [5.41, 5.74) is 6.25. The first kappa shape index (κ1) is 14.3. The average Bonchev–Trinajstić information content (AvgIpc) is 2.45. The summed E-state index contributed by atoms with van der Waals surface area (Å²) in [6, 6.07) is 14.7. The van der Waals surface area contributed by atoms with E-state index in [1.54, 1.807) is 0 Å². The Morgan fingerprint density at radius 2 is 1.65 bits per heavy atom. The number of hydrogen-bond donors (Lipinski definition) is 0. The van der Waals surface area contributed by atoms with Gasteiger partial charge in [-0.2, -0.15) is 0 Å². The molecule has 102 valence electrons. The highest BCUT2D eigenvalue weighted by Crippen LogP contribution is 2.17. The van der Waals surface area contributed by atoms with Crippen LogP contribution >= 0.6 is 0 Å². The molecule has 2 aromatic rings. The van der Waals surface area contributed by atoms with E-state index in [4.69, 9.17) is 0 Å². The van der Waals surface area contributed by atoms with Crippen molar-refractivity contribution >= 4 is 18.4 Å². The van der Waals surface area contributed by atoms with Crippen LogP contribution in [0.5, 0.6) is 0 Å². The molecule has 0 heterocycles. The van der Waals surface area contributed by atoms with E-state index in [0.29, 0.717) is 6.42 Å². The molecule has 0 spiro atoms. The number of carbonyl (C=O) groups excluding carboxylic acids is 1. The van der Waals surface area contributed by atoms with Crippen molar-refractivity contribution in [3.05, 3.63) is 70.3 Å². The van der Waals surface area contributed by atoms with E-state index in [1.807, 2.05) is 6.07 Å². The lowest BCUT2D eigenvalue weighted by Crippen LogP contribution is -1.87. The van der Waals surface area contributed by atoms with Crippen LogP contribution in [0.4, 0.5) is 0 Å². The zero-order valence-corrected chi connectivity index (χ0v) is 12.1. The highest BCUT2D eigenvalue weighted by atomic mass is 16.1. The van der Waals surface area contributed by atoms with Crippen LogP contribution in [0, 0.1) is 13.8 Å². The molecule has 0 unspecified atom stereocenters. The van der Waals surface area contributed by atoms with Crippen molar-refractivity contribution in [1.82, 2.24) is 0 Å². The molecule has 0 bridgehead atoms. The third-order valence-electron chi connectivity index (χ3n) is 3.49. The topological polar surface area (TPSA) is 17.1 Å². The molecule has 2 aromatic carbocycles. The van der Waals surface area contributed by atoms with Crippen molar-refractivity contribution in [2.45, 2.75) is 26.7 Å². The van der Waals surface area contributed by atoms with Gasteiger partial charge in [-0.3, -0.25) is 0 Å². The minimum atomic E-state index is 0.587. The molecule has 0 saturated carbocycles. The first-order valence-electron chi connectivity index (χ1n) is 6.97. The van der Waals surface area contributed by atoms with Crippen LogP contribution in [0.2, 0.25) is 0 Å². The quantitative estimate of drug-likeness (QED) is 0.569. The zero-order chi connectivity index (χ0) is 14.4. The number of hydrogen-bond acceptors (Lipinski definition) is 1. The Hall–Kier alpha value is -2.15. The lowest BCUT2D eigenvalue weighted by molar-refractivity contribution is -0.107. The smallest absolute Gasteiger partial charge is 0.120 e. The fourth-order valence-electron chi connectivity index (χ4n) is 2.35. The van der Waals surface area contributed by atoms with E-state index in [2.05, 4.69) is 62.4 Å². The fourth-order valence-corrected chi connectivity index (χ4v) is 2.35. The van der Waals surface area contributed by atoms with E-state index < -0.39 is 0 Å². The van der Waals surface area contributed by atoms with Crippen molar-refractivity contribution in [2.24, 2.45) is 0 Å². The lowest BCUT2D eigenvalue weighted by atomic mass is 10.0. The average molecular weight is 264 g/mol. The van der Waals surface area contributed by atoms with Gasteiger partial charge in [0.25, 0.3) is 0 Å². The van der Waals surface area contributed by atoms with Crippen molar-refractivity contribution < 1.29 is 4.79 Å². The number of rotatable bonds is 5. The maximum Gasteiger partial charge on any atom is 0.120 e. The molecule has 0 fully saturated rings. The minimum absolute atomic E-state index is 0.587. The molecule has 0 aliphatic rings. The third kappa shape index (κ3) is 3.67. The lowest BCUT2D eigenvalue weighted by Gasteiger charge is -2.05. The van der Waals surface area contributed by atoms with Crippen LogP contribution in [0.3, 0.4) is 0 Å². The Kier molecular flexibility index (Phi) is 4.89. The Balaban J connectivity index is 2.21. The molecule has 0 aliphatic heterocycles. The molecule has 1 heteroatoms. The number of carbonyl (C=O) groups is 1. The van der Waals surface area contributed by atoms with Crippen molar-refractivity contribution in [1.29, 1.82) is 0 Å². The molecule has 0 atom stereocenters. The molecule has 0 amide bonds. The van der Waals surface area contributed by atoms with Gasteiger partial charge in [-0.05, 0) is 48.1 Å². The van der Waals surface area contributed by atoms with Crippen molar-refractivity contribution in [2.75, 3.05) is 0 Å².